The van der Waals surface area contributed by atoms with E-state index in [9.17, 15) is 14.9 Å². The van der Waals surface area contributed by atoms with Crippen molar-refractivity contribution in [3.05, 3.63) is 50.2 Å². The zero-order chi connectivity index (χ0) is 20.8. The Morgan fingerprint density at radius 2 is 1.97 bits per heavy atom. The molecule has 2 heterocycles. The molecule has 1 N–H and O–H groups in total. The van der Waals surface area contributed by atoms with Crippen LogP contribution in [0.2, 0.25) is 0 Å². The summed E-state index contributed by atoms with van der Waals surface area (Å²) in [5, 5.41) is 16.3. The molecule has 0 unspecified atom stereocenters. The van der Waals surface area contributed by atoms with E-state index in [4.69, 9.17) is 9.47 Å². The van der Waals surface area contributed by atoms with Gasteiger partial charge in [-0.1, -0.05) is 6.07 Å². The average Bonchev–Trinajstić information content (AvgIpc) is 3.28. The largest absolute Gasteiger partial charge is 0.493 e. The van der Waals surface area contributed by atoms with Crippen LogP contribution in [0.15, 0.2) is 29.6 Å². The van der Waals surface area contributed by atoms with Gasteiger partial charge in [-0.3, -0.25) is 14.9 Å². The lowest BCUT2D eigenvalue weighted by molar-refractivity contribution is -0.385. The van der Waals surface area contributed by atoms with Crippen LogP contribution in [0.25, 0.3) is 0 Å². The molecule has 29 heavy (non-hydrogen) atoms. The first-order valence-corrected chi connectivity index (χ1v) is 10.4. The van der Waals surface area contributed by atoms with Crippen molar-refractivity contribution in [3.8, 4) is 11.5 Å². The maximum Gasteiger partial charge on any atom is 0.286 e. The van der Waals surface area contributed by atoms with Crippen molar-refractivity contribution in [3.63, 3.8) is 0 Å². The number of amides is 1. The first kappa shape index (κ1) is 21.1. The highest BCUT2D eigenvalue weighted by Crippen LogP contribution is 2.34. The van der Waals surface area contributed by atoms with E-state index in [0.717, 1.165) is 25.9 Å². The Hall–Kier alpha value is -2.65. The summed E-state index contributed by atoms with van der Waals surface area (Å²) in [4.78, 5) is 27.1. The van der Waals surface area contributed by atoms with Crippen LogP contribution in [-0.4, -0.2) is 56.1 Å². The number of piperidine rings is 1. The Kier molecular flexibility index (Phi) is 7.05. The van der Waals surface area contributed by atoms with Gasteiger partial charge < -0.3 is 19.7 Å². The fourth-order valence-electron chi connectivity index (χ4n) is 3.59. The van der Waals surface area contributed by atoms with Crippen LogP contribution >= 0.6 is 11.3 Å². The molecule has 1 aliphatic heterocycles. The van der Waals surface area contributed by atoms with Crippen LogP contribution in [0.1, 0.15) is 34.0 Å². The lowest BCUT2D eigenvalue weighted by Crippen LogP contribution is -2.39. The molecule has 0 bridgehead atoms. The highest BCUT2D eigenvalue weighted by atomic mass is 32.1. The van der Waals surface area contributed by atoms with Crippen LogP contribution < -0.4 is 14.8 Å². The van der Waals surface area contributed by atoms with Crippen molar-refractivity contribution in [2.75, 3.05) is 40.4 Å². The number of thiophene rings is 1. The van der Waals surface area contributed by atoms with Gasteiger partial charge in [0.25, 0.3) is 11.6 Å². The van der Waals surface area contributed by atoms with Gasteiger partial charge >= 0.3 is 0 Å². The summed E-state index contributed by atoms with van der Waals surface area (Å²) in [6, 6.07) is 6.85. The van der Waals surface area contributed by atoms with Crippen molar-refractivity contribution >= 4 is 22.9 Å². The second-order valence-electron chi connectivity index (χ2n) is 6.87. The fourth-order valence-corrected chi connectivity index (χ4v) is 4.49. The van der Waals surface area contributed by atoms with E-state index in [2.05, 4.69) is 27.7 Å². The van der Waals surface area contributed by atoms with Crippen LogP contribution in [-0.2, 0) is 0 Å². The molecular weight excluding hydrogens is 394 g/mol. The topological polar surface area (TPSA) is 93.9 Å². The summed E-state index contributed by atoms with van der Waals surface area (Å²) >= 11 is 1.81. The number of nitrogens with one attached hydrogen (secondary N) is 1. The molecule has 0 radical (unpaired) electrons. The third kappa shape index (κ3) is 5.04. The smallest absolute Gasteiger partial charge is 0.286 e. The van der Waals surface area contributed by atoms with Gasteiger partial charge in [0.1, 0.15) is 5.56 Å². The predicted molar refractivity (Wildman–Crippen MR) is 111 cm³/mol. The number of nitro groups is 1. The molecule has 0 saturated carbocycles. The van der Waals surface area contributed by atoms with E-state index in [-0.39, 0.29) is 22.7 Å². The van der Waals surface area contributed by atoms with E-state index in [1.54, 1.807) is 0 Å². The van der Waals surface area contributed by atoms with Crippen LogP contribution in [0, 0.1) is 10.1 Å². The van der Waals surface area contributed by atoms with E-state index in [0.29, 0.717) is 19.0 Å². The first-order chi connectivity index (χ1) is 14.0. The number of methoxy groups -OCH3 is 2. The van der Waals surface area contributed by atoms with Gasteiger partial charge in [-0.2, -0.15) is 0 Å². The fraction of sp³-hybridized carbons (Fsp3) is 0.450. The number of nitro benzene ring substituents is 1. The number of carbonyl (C=O) groups excluding carboxylic acids is 1. The first-order valence-electron chi connectivity index (χ1n) is 9.47. The van der Waals surface area contributed by atoms with Crippen LogP contribution in [0.4, 0.5) is 5.69 Å². The SMILES string of the molecule is COc1cc(C(=O)NCCN2CCC(c3cccs3)CC2)c([N+](=O)[O-])cc1OC. The standard InChI is InChI=1S/C20H25N3O5S/c1-27-17-12-15(16(23(25)26)13-18(17)28-2)20(24)21-7-10-22-8-5-14(6-9-22)19-4-3-11-29-19/h3-4,11-14H,5-10H2,1-2H3,(H,21,24). The summed E-state index contributed by atoms with van der Waals surface area (Å²) in [5.41, 5.74) is -0.346. The quantitative estimate of drug-likeness (QED) is 0.521. The molecule has 1 aliphatic rings. The lowest BCUT2D eigenvalue weighted by Gasteiger charge is -2.31. The zero-order valence-corrected chi connectivity index (χ0v) is 17.4. The Balaban J connectivity index is 1.55. The molecule has 3 rings (SSSR count). The van der Waals surface area contributed by atoms with Gasteiger partial charge in [0.15, 0.2) is 11.5 Å². The van der Waals surface area contributed by atoms with E-state index >= 15 is 0 Å². The summed E-state index contributed by atoms with van der Waals surface area (Å²) in [7, 11) is 2.81. The number of hydrogen-bond acceptors (Lipinski definition) is 7. The molecule has 156 valence electrons. The number of likely N-dealkylation sites (tertiary alicyclic amines) is 1. The van der Waals surface area contributed by atoms with Crippen molar-refractivity contribution in [2.45, 2.75) is 18.8 Å². The summed E-state index contributed by atoms with van der Waals surface area (Å²) < 4.78 is 10.3. The van der Waals surface area contributed by atoms with Crippen molar-refractivity contribution in [1.29, 1.82) is 0 Å². The van der Waals surface area contributed by atoms with Crippen LogP contribution in [0.3, 0.4) is 0 Å². The molecule has 0 aliphatic carbocycles. The molecular formula is C20H25N3O5S. The summed E-state index contributed by atoms with van der Waals surface area (Å²) in [6.45, 7) is 3.10. The number of benzene rings is 1. The van der Waals surface area contributed by atoms with E-state index in [1.165, 1.54) is 31.2 Å². The molecule has 9 heteroatoms. The Morgan fingerprint density at radius 3 is 2.55 bits per heavy atom. The van der Waals surface area contributed by atoms with Crippen LogP contribution in [0.5, 0.6) is 11.5 Å². The number of hydrogen-bond donors (Lipinski definition) is 1. The second kappa shape index (κ2) is 9.71. The molecule has 0 atom stereocenters. The monoisotopic (exact) mass is 419 g/mol. The van der Waals surface area contributed by atoms with Crippen molar-refractivity contribution in [1.82, 2.24) is 10.2 Å². The summed E-state index contributed by atoms with van der Waals surface area (Å²) in [6.07, 6.45) is 2.21. The molecule has 1 aromatic heterocycles. The third-order valence-electron chi connectivity index (χ3n) is 5.19. The number of carbonyl (C=O) groups is 1. The third-order valence-corrected chi connectivity index (χ3v) is 6.22. The van der Waals surface area contributed by atoms with Crippen molar-refractivity contribution in [2.24, 2.45) is 0 Å². The Morgan fingerprint density at radius 1 is 1.28 bits per heavy atom. The Bertz CT molecular complexity index is 848. The number of nitrogens with zero attached hydrogens (tertiary/aromatic N) is 2. The van der Waals surface area contributed by atoms with Crippen molar-refractivity contribution < 1.29 is 19.2 Å². The average molecular weight is 420 g/mol. The maximum atomic E-state index is 12.6. The normalized spacial score (nSPS) is 15.1. The molecule has 8 nitrogen and oxygen atoms in total. The van der Waals surface area contributed by atoms with Gasteiger partial charge in [0.2, 0.25) is 0 Å². The van der Waals surface area contributed by atoms with E-state index in [1.807, 2.05) is 11.3 Å². The van der Waals surface area contributed by atoms with Gasteiger partial charge in [0, 0.05) is 24.0 Å². The van der Waals surface area contributed by atoms with E-state index < -0.39 is 10.8 Å². The highest BCUT2D eigenvalue weighted by molar-refractivity contribution is 7.10. The molecule has 1 aromatic carbocycles. The maximum absolute atomic E-state index is 12.6. The molecule has 1 amide bonds. The second-order valence-corrected chi connectivity index (χ2v) is 7.85. The Labute approximate surface area is 173 Å². The predicted octanol–water partition coefficient (Wildman–Crippen LogP) is 3.28. The van der Waals surface area contributed by atoms with Gasteiger partial charge in [-0.25, -0.2) is 0 Å². The minimum Gasteiger partial charge on any atom is -0.493 e. The molecule has 0 spiro atoms. The number of rotatable bonds is 8. The zero-order valence-electron chi connectivity index (χ0n) is 16.6. The minimum atomic E-state index is -0.591. The summed E-state index contributed by atoms with van der Waals surface area (Å²) in [5.74, 6) is 0.615. The van der Waals surface area contributed by atoms with Gasteiger partial charge in [-0.15, -0.1) is 11.3 Å². The highest BCUT2D eigenvalue weighted by Gasteiger charge is 2.25. The minimum absolute atomic E-state index is 0.0379. The molecule has 1 fully saturated rings. The lowest BCUT2D eigenvalue weighted by atomic mass is 9.95. The molecule has 2 aromatic rings. The molecule has 1 saturated heterocycles. The number of ether oxygens (including phenoxy) is 2. The van der Waals surface area contributed by atoms with Gasteiger partial charge in [0.05, 0.1) is 25.2 Å². The van der Waals surface area contributed by atoms with Gasteiger partial charge in [-0.05, 0) is 43.3 Å².